The molecule has 1 N–H and O–H groups in total. The fraction of sp³-hybridized carbons (Fsp3) is 0.694. The van der Waals surface area contributed by atoms with Crippen molar-refractivity contribution >= 4 is 5.97 Å². The lowest BCUT2D eigenvalue weighted by Crippen LogP contribution is -2.16. The van der Waals surface area contributed by atoms with E-state index in [-0.39, 0.29) is 11.9 Å². The molecule has 0 saturated carbocycles. The van der Waals surface area contributed by atoms with Gasteiger partial charge in [-0.15, -0.1) is 0 Å². The van der Waals surface area contributed by atoms with Gasteiger partial charge < -0.3 is 10.1 Å². The Morgan fingerprint density at radius 1 is 0.519 bits per heavy atom. The van der Waals surface area contributed by atoms with Gasteiger partial charge in [0.15, 0.2) is 0 Å². The summed E-state index contributed by atoms with van der Waals surface area (Å²) in [6.07, 6.45) is 43.3. The summed E-state index contributed by atoms with van der Waals surface area (Å²) in [6, 6.07) is 17.0. The fourth-order valence-electron chi connectivity index (χ4n) is 7.95. The summed E-state index contributed by atoms with van der Waals surface area (Å²) in [5.74, 6) is 0.103. The Morgan fingerprint density at radius 3 is 1.37 bits per heavy atom. The summed E-state index contributed by atoms with van der Waals surface area (Å²) in [4.78, 5) is 12.5. The first kappa shape index (κ1) is 44.0. The lowest BCUT2D eigenvalue weighted by molar-refractivity contribution is -0.144. The Balaban J connectivity index is 0.975. The number of nitrogens with one attached hydrogen (secondary N) is 1. The molecule has 1 aliphatic carbocycles. The molecular formula is C49H79NO2. The van der Waals surface area contributed by atoms with Crippen molar-refractivity contribution in [2.45, 2.75) is 199 Å². The van der Waals surface area contributed by atoms with Gasteiger partial charge in [-0.1, -0.05) is 202 Å². The maximum atomic E-state index is 12.5. The molecule has 0 unspecified atom stereocenters. The molecule has 2 aromatic rings. The van der Waals surface area contributed by atoms with Gasteiger partial charge in [-0.3, -0.25) is 4.79 Å². The van der Waals surface area contributed by atoms with Crippen LogP contribution in [0.2, 0.25) is 0 Å². The molecule has 0 saturated heterocycles. The van der Waals surface area contributed by atoms with E-state index in [1.54, 1.807) is 0 Å². The van der Waals surface area contributed by atoms with Crippen LogP contribution in [0.25, 0.3) is 11.1 Å². The number of benzene rings is 2. The Hall–Kier alpha value is -2.39. The molecule has 292 valence electrons. The van der Waals surface area contributed by atoms with E-state index in [2.05, 4.69) is 72.9 Å². The van der Waals surface area contributed by atoms with Crippen molar-refractivity contribution in [3.63, 3.8) is 0 Å². The van der Waals surface area contributed by atoms with Gasteiger partial charge in [0.1, 0.15) is 6.61 Å². The average molecular weight is 714 g/mol. The number of hydrogen-bond donors (Lipinski definition) is 1. The van der Waals surface area contributed by atoms with E-state index >= 15 is 0 Å². The fourth-order valence-corrected chi connectivity index (χ4v) is 7.95. The molecule has 0 aliphatic heterocycles. The van der Waals surface area contributed by atoms with E-state index in [0.717, 1.165) is 12.8 Å². The number of esters is 1. The second-order valence-corrected chi connectivity index (χ2v) is 15.8. The molecule has 3 heteroatoms. The van der Waals surface area contributed by atoms with Crippen LogP contribution in [0.1, 0.15) is 210 Å². The molecule has 1 aliphatic rings. The van der Waals surface area contributed by atoms with Crippen LogP contribution in [0, 0.1) is 0 Å². The van der Waals surface area contributed by atoms with E-state index in [1.165, 1.54) is 202 Å². The molecule has 0 aromatic heterocycles. The SMILES string of the molecule is CCCCCCCCCCCCCCCCNCCCCCCCC/C=C\CCCCCCCCC(=O)OCC1c2ccccc2-c2ccccc21. The summed E-state index contributed by atoms with van der Waals surface area (Å²) in [7, 11) is 0. The van der Waals surface area contributed by atoms with Crippen molar-refractivity contribution < 1.29 is 9.53 Å². The molecule has 52 heavy (non-hydrogen) atoms. The quantitative estimate of drug-likeness (QED) is 0.0439. The van der Waals surface area contributed by atoms with Gasteiger partial charge in [0.2, 0.25) is 0 Å². The molecule has 0 fully saturated rings. The second-order valence-electron chi connectivity index (χ2n) is 15.8. The van der Waals surface area contributed by atoms with Crippen molar-refractivity contribution in [3.05, 3.63) is 71.8 Å². The maximum absolute atomic E-state index is 12.5. The van der Waals surface area contributed by atoms with Crippen molar-refractivity contribution in [3.8, 4) is 11.1 Å². The Kier molecular flexibility index (Phi) is 26.2. The molecule has 0 heterocycles. The van der Waals surface area contributed by atoms with E-state index in [9.17, 15) is 4.79 Å². The van der Waals surface area contributed by atoms with Crippen LogP contribution in [0.5, 0.6) is 0 Å². The van der Waals surface area contributed by atoms with Crippen molar-refractivity contribution in [1.29, 1.82) is 0 Å². The molecule has 2 aromatic carbocycles. The lowest BCUT2D eigenvalue weighted by atomic mass is 9.98. The second kappa shape index (κ2) is 31.0. The largest absolute Gasteiger partial charge is 0.465 e. The van der Waals surface area contributed by atoms with Crippen molar-refractivity contribution in [2.75, 3.05) is 19.7 Å². The van der Waals surface area contributed by atoms with E-state index in [4.69, 9.17) is 4.74 Å². The lowest BCUT2D eigenvalue weighted by Gasteiger charge is -2.14. The third kappa shape index (κ3) is 20.2. The van der Waals surface area contributed by atoms with Gasteiger partial charge in [-0.2, -0.15) is 0 Å². The molecule has 0 spiro atoms. The summed E-state index contributed by atoms with van der Waals surface area (Å²) >= 11 is 0. The first-order valence-electron chi connectivity index (χ1n) is 22.5. The first-order valence-corrected chi connectivity index (χ1v) is 22.5. The molecule has 3 nitrogen and oxygen atoms in total. The Morgan fingerprint density at radius 2 is 0.904 bits per heavy atom. The number of fused-ring (bicyclic) bond motifs is 3. The predicted octanol–water partition coefficient (Wildman–Crippen LogP) is 14.8. The number of ether oxygens (including phenoxy) is 1. The van der Waals surface area contributed by atoms with Gasteiger partial charge in [0, 0.05) is 12.3 Å². The highest BCUT2D eigenvalue weighted by atomic mass is 16.5. The third-order valence-electron chi connectivity index (χ3n) is 11.2. The number of carbonyl (C=O) groups is 1. The Labute approximate surface area is 321 Å². The molecule has 0 bridgehead atoms. The minimum Gasteiger partial charge on any atom is -0.465 e. The van der Waals surface area contributed by atoms with Crippen LogP contribution < -0.4 is 5.32 Å². The van der Waals surface area contributed by atoms with Crippen LogP contribution >= 0.6 is 0 Å². The van der Waals surface area contributed by atoms with Gasteiger partial charge >= 0.3 is 5.97 Å². The third-order valence-corrected chi connectivity index (χ3v) is 11.2. The first-order chi connectivity index (χ1) is 25.8. The summed E-state index contributed by atoms with van der Waals surface area (Å²) in [6.45, 7) is 5.17. The van der Waals surface area contributed by atoms with Crippen LogP contribution in [0.3, 0.4) is 0 Å². The van der Waals surface area contributed by atoms with Gasteiger partial charge in [0.05, 0.1) is 0 Å². The summed E-state index contributed by atoms with van der Waals surface area (Å²) in [5, 5.41) is 3.68. The topological polar surface area (TPSA) is 38.3 Å². The van der Waals surface area contributed by atoms with Crippen LogP contribution in [-0.2, 0) is 9.53 Å². The normalized spacial score (nSPS) is 12.5. The van der Waals surface area contributed by atoms with Crippen molar-refractivity contribution in [1.82, 2.24) is 5.32 Å². The zero-order valence-electron chi connectivity index (χ0n) is 33.8. The molecule has 0 radical (unpaired) electrons. The molecule has 0 amide bonds. The maximum Gasteiger partial charge on any atom is 0.305 e. The highest BCUT2D eigenvalue weighted by Crippen LogP contribution is 2.44. The standard InChI is InChI=1S/C49H79NO2/c1-2-3-4-5-6-7-8-9-15-18-21-24-27-34-41-50-42-35-28-25-22-19-16-13-11-10-12-14-17-20-23-26-29-40-49(51)52-43-48-46-38-32-30-36-44(46)45-37-31-33-39-47(45)48/h10-11,30-33,36-39,48,50H,2-9,12-29,34-35,40-43H2,1H3/b11-10-. The highest BCUT2D eigenvalue weighted by molar-refractivity contribution is 5.79. The number of allylic oxidation sites excluding steroid dienone is 2. The number of hydrogen-bond acceptors (Lipinski definition) is 3. The van der Waals surface area contributed by atoms with Gasteiger partial charge in [-0.25, -0.2) is 0 Å². The minimum absolute atomic E-state index is 0.0509. The van der Waals surface area contributed by atoms with Crippen LogP contribution in [0.4, 0.5) is 0 Å². The monoisotopic (exact) mass is 714 g/mol. The van der Waals surface area contributed by atoms with E-state index in [1.807, 2.05) is 0 Å². The number of carbonyl (C=O) groups excluding carboxylic acids is 1. The zero-order valence-corrected chi connectivity index (χ0v) is 33.8. The van der Waals surface area contributed by atoms with Crippen LogP contribution in [-0.4, -0.2) is 25.7 Å². The van der Waals surface area contributed by atoms with Crippen molar-refractivity contribution in [2.24, 2.45) is 0 Å². The van der Waals surface area contributed by atoms with E-state index < -0.39 is 0 Å². The molecular weight excluding hydrogens is 635 g/mol. The Bertz CT molecular complexity index is 1130. The van der Waals surface area contributed by atoms with E-state index in [0.29, 0.717) is 13.0 Å². The predicted molar refractivity (Wildman–Crippen MR) is 226 cm³/mol. The van der Waals surface area contributed by atoms with Gasteiger partial charge in [-0.05, 0) is 80.3 Å². The summed E-state index contributed by atoms with van der Waals surface area (Å²) < 4.78 is 5.76. The summed E-state index contributed by atoms with van der Waals surface area (Å²) in [5.41, 5.74) is 5.11. The van der Waals surface area contributed by atoms with Crippen LogP contribution in [0.15, 0.2) is 60.7 Å². The number of unbranched alkanes of at least 4 members (excludes halogenated alkanes) is 25. The molecule has 3 rings (SSSR count). The average Bonchev–Trinajstić information content (AvgIpc) is 3.49. The zero-order chi connectivity index (χ0) is 36.6. The van der Waals surface area contributed by atoms with Gasteiger partial charge in [0.25, 0.3) is 0 Å². The minimum atomic E-state index is -0.0509. The molecule has 0 atom stereocenters. The smallest absolute Gasteiger partial charge is 0.305 e. The highest BCUT2D eigenvalue weighted by Gasteiger charge is 2.28. The number of rotatable bonds is 35.